The minimum absolute atomic E-state index is 0.276. The molecule has 0 heterocycles. The van der Waals surface area contributed by atoms with Gasteiger partial charge in [-0.1, -0.05) is 12.1 Å². The Bertz CT molecular complexity index is 422. The summed E-state index contributed by atoms with van der Waals surface area (Å²) in [6.07, 6.45) is -2.62. The molecule has 1 rings (SSSR count). The molecule has 0 fully saturated rings. The first kappa shape index (κ1) is 15.5. The van der Waals surface area contributed by atoms with E-state index in [0.717, 1.165) is 0 Å². The van der Waals surface area contributed by atoms with Crippen LogP contribution in [-0.4, -0.2) is 27.8 Å². The zero-order valence-corrected chi connectivity index (χ0v) is 11.5. The number of aliphatic hydroxyl groups is 2. The fraction of sp³-hybridized carbons (Fsp3) is 0.500. The molecule has 4 N–H and O–H groups in total. The fourth-order valence-electron chi connectivity index (χ4n) is 1.63. The molecule has 2 atom stereocenters. The second-order valence-electron chi connectivity index (χ2n) is 5.47. The first-order chi connectivity index (χ1) is 8.69. The number of primary amides is 1. The van der Waals surface area contributed by atoms with Gasteiger partial charge >= 0.3 is 0 Å². The number of amides is 1. The third-order valence-corrected chi connectivity index (χ3v) is 2.42. The Labute approximate surface area is 113 Å². The summed E-state index contributed by atoms with van der Waals surface area (Å²) < 4.78 is 5.64. The number of ether oxygens (including phenoxy) is 1. The van der Waals surface area contributed by atoms with E-state index in [1.54, 1.807) is 24.3 Å². The van der Waals surface area contributed by atoms with Crippen LogP contribution in [0.1, 0.15) is 38.9 Å². The van der Waals surface area contributed by atoms with Crippen LogP contribution in [0, 0.1) is 0 Å². The van der Waals surface area contributed by atoms with E-state index in [1.165, 1.54) is 0 Å². The standard InChI is InChI=1S/C14H21NO4/c1-14(2,3)19-10-6-4-9(5-7-10)13(18)11(16)8-12(15)17/h4-7,11,13,16,18H,8H2,1-3H3,(H2,15,17). The molecule has 0 aliphatic heterocycles. The highest BCUT2D eigenvalue weighted by molar-refractivity contribution is 5.74. The smallest absolute Gasteiger partial charge is 0.220 e. The molecule has 1 aromatic rings. The molecule has 106 valence electrons. The van der Waals surface area contributed by atoms with Gasteiger partial charge in [0.15, 0.2) is 0 Å². The quantitative estimate of drug-likeness (QED) is 0.745. The van der Waals surface area contributed by atoms with E-state index < -0.39 is 18.1 Å². The summed E-state index contributed by atoms with van der Waals surface area (Å²) in [5, 5.41) is 19.5. The number of hydrogen-bond donors (Lipinski definition) is 3. The molecule has 5 heteroatoms. The molecule has 5 nitrogen and oxygen atoms in total. The molecular formula is C14H21NO4. The Balaban J connectivity index is 2.73. The van der Waals surface area contributed by atoms with Crippen molar-refractivity contribution in [2.45, 2.75) is 45.0 Å². The molecule has 0 bridgehead atoms. The topological polar surface area (TPSA) is 92.8 Å². The van der Waals surface area contributed by atoms with Gasteiger partial charge in [0.2, 0.25) is 5.91 Å². The second-order valence-corrected chi connectivity index (χ2v) is 5.47. The summed E-state index contributed by atoms with van der Waals surface area (Å²) >= 11 is 0. The SMILES string of the molecule is CC(C)(C)Oc1ccc(C(O)C(O)CC(N)=O)cc1. The molecule has 0 spiro atoms. The van der Waals surface area contributed by atoms with Gasteiger partial charge in [-0.3, -0.25) is 4.79 Å². The first-order valence-electron chi connectivity index (χ1n) is 6.12. The van der Waals surface area contributed by atoms with Crippen LogP contribution in [0.25, 0.3) is 0 Å². The second kappa shape index (κ2) is 6.04. The number of rotatable bonds is 5. The normalized spacial score (nSPS) is 14.8. The Morgan fingerprint density at radius 2 is 1.79 bits per heavy atom. The zero-order chi connectivity index (χ0) is 14.6. The predicted molar refractivity (Wildman–Crippen MR) is 71.6 cm³/mol. The number of carbonyl (C=O) groups excluding carboxylic acids is 1. The van der Waals surface area contributed by atoms with Crippen molar-refractivity contribution in [2.75, 3.05) is 0 Å². The number of benzene rings is 1. The fourth-order valence-corrected chi connectivity index (χ4v) is 1.63. The maximum atomic E-state index is 10.7. The van der Waals surface area contributed by atoms with Crippen LogP contribution < -0.4 is 10.5 Å². The predicted octanol–water partition coefficient (Wildman–Crippen LogP) is 1.13. The largest absolute Gasteiger partial charge is 0.488 e. The van der Waals surface area contributed by atoms with Gasteiger partial charge in [-0.05, 0) is 38.5 Å². The van der Waals surface area contributed by atoms with Crippen molar-refractivity contribution >= 4 is 5.91 Å². The molecule has 1 amide bonds. The van der Waals surface area contributed by atoms with E-state index in [4.69, 9.17) is 10.5 Å². The van der Waals surface area contributed by atoms with Crippen LogP contribution in [0.5, 0.6) is 5.75 Å². The third kappa shape index (κ3) is 5.28. The summed E-state index contributed by atoms with van der Waals surface area (Å²) in [6, 6.07) is 6.72. The molecule has 19 heavy (non-hydrogen) atoms. The van der Waals surface area contributed by atoms with E-state index in [9.17, 15) is 15.0 Å². The monoisotopic (exact) mass is 267 g/mol. The van der Waals surface area contributed by atoms with Crippen LogP contribution in [0.2, 0.25) is 0 Å². The lowest BCUT2D eigenvalue weighted by molar-refractivity contribution is -0.121. The van der Waals surface area contributed by atoms with Crippen molar-refractivity contribution < 1.29 is 19.7 Å². The van der Waals surface area contributed by atoms with Crippen LogP contribution in [0.3, 0.4) is 0 Å². The number of aliphatic hydroxyl groups excluding tert-OH is 2. The van der Waals surface area contributed by atoms with Crippen LogP contribution in [0.15, 0.2) is 24.3 Å². The third-order valence-electron chi connectivity index (χ3n) is 2.42. The minimum atomic E-state index is -1.20. The van der Waals surface area contributed by atoms with Gasteiger partial charge in [0, 0.05) is 0 Å². The zero-order valence-electron chi connectivity index (χ0n) is 11.5. The average Bonchev–Trinajstić information content (AvgIpc) is 2.26. The van der Waals surface area contributed by atoms with Crippen molar-refractivity contribution in [1.82, 2.24) is 0 Å². The Morgan fingerprint density at radius 3 is 2.21 bits per heavy atom. The number of hydrogen-bond acceptors (Lipinski definition) is 4. The van der Waals surface area contributed by atoms with Gasteiger partial charge in [-0.2, -0.15) is 0 Å². The Kier molecular flexibility index (Phi) is 4.91. The lowest BCUT2D eigenvalue weighted by Gasteiger charge is -2.22. The highest BCUT2D eigenvalue weighted by Crippen LogP contribution is 2.23. The van der Waals surface area contributed by atoms with E-state index in [-0.39, 0.29) is 12.0 Å². The summed E-state index contributed by atoms with van der Waals surface area (Å²) in [5.41, 5.74) is 5.18. The molecule has 0 aromatic heterocycles. The van der Waals surface area contributed by atoms with Gasteiger partial charge in [-0.25, -0.2) is 0 Å². The van der Waals surface area contributed by atoms with E-state index in [0.29, 0.717) is 11.3 Å². The maximum absolute atomic E-state index is 10.7. The van der Waals surface area contributed by atoms with E-state index in [2.05, 4.69) is 0 Å². The molecule has 0 aliphatic carbocycles. The van der Waals surface area contributed by atoms with Gasteiger partial charge in [-0.15, -0.1) is 0 Å². The number of nitrogens with two attached hydrogens (primary N) is 1. The molecule has 0 saturated heterocycles. The van der Waals surface area contributed by atoms with Gasteiger partial charge in [0.25, 0.3) is 0 Å². The summed E-state index contributed by atoms with van der Waals surface area (Å²) in [5.74, 6) is 0.0204. The summed E-state index contributed by atoms with van der Waals surface area (Å²) in [7, 11) is 0. The molecule has 1 aromatic carbocycles. The molecule has 0 radical (unpaired) electrons. The minimum Gasteiger partial charge on any atom is -0.488 e. The first-order valence-corrected chi connectivity index (χ1v) is 6.12. The van der Waals surface area contributed by atoms with Crippen LogP contribution in [0.4, 0.5) is 0 Å². The van der Waals surface area contributed by atoms with Crippen molar-refractivity contribution in [3.63, 3.8) is 0 Å². The van der Waals surface area contributed by atoms with Crippen molar-refractivity contribution in [1.29, 1.82) is 0 Å². The lowest BCUT2D eigenvalue weighted by Crippen LogP contribution is -2.25. The Morgan fingerprint density at radius 1 is 1.26 bits per heavy atom. The van der Waals surface area contributed by atoms with Crippen molar-refractivity contribution in [2.24, 2.45) is 5.73 Å². The maximum Gasteiger partial charge on any atom is 0.220 e. The molecule has 0 aliphatic rings. The van der Waals surface area contributed by atoms with Gasteiger partial charge < -0.3 is 20.7 Å². The molecular weight excluding hydrogens is 246 g/mol. The van der Waals surface area contributed by atoms with Gasteiger partial charge in [0.05, 0.1) is 12.5 Å². The van der Waals surface area contributed by atoms with Gasteiger partial charge in [0.1, 0.15) is 17.5 Å². The van der Waals surface area contributed by atoms with E-state index >= 15 is 0 Å². The average molecular weight is 267 g/mol. The van der Waals surface area contributed by atoms with Crippen LogP contribution in [-0.2, 0) is 4.79 Å². The Hall–Kier alpha value is -1.59. The van der Waals surface area contributed by atoms with E-state index in [1.807, 2.05) is 20.8 Å². The molecule has 2 unspecified atom stereocenters. The van der Waals surface area contributed by atoms with Crippen molar-refractivity contribution in [3.05, 3.63) is 29.8 Å². The summed E-state index contributed by atoms with van der Waals surface area (Å²) in [6.45, 7) is 5.81. The highest BCUT2D eigenvalue weighted by atomic mass is 16.5. The highest BCUT2D eigenvalue weighted by Gasteiger charge is 2.20. The number of carbonyl (C=O) groups is 1. The molecule has 0 saturated carbocycles. The summed E-state index contributed by atoms with van der Waals surface area (Å²) in [4.78, 5) is 10.7. The van der Waals surface area contributed by atoms with Crippen LogP contribution >= 0.6 is 0 Å². The van der Waals surface area contributed by atoms with Crippen molar-refractivity contribution in [3.8, 4) is 5.75 Å². The lowest BCUT2D eigenvalue weighted by atomic mass is 10.0.